The molecule has 2 saturated heterocycles. The number of hydrogen-bond acceptors (Lipinski definition) is 6. The lowest BCUT2D eigenvalue weighted by Gasteiger charge is -2.48. The molecule has 40 heavy (non-hydrogen) atoms. The molecule has 3 aliphatic rings. The third-order valence-corrected chi connectivity index (χ3v) is 9.77. The van der Waals surface area contributed by atoms with E-state index in [-0.39, 0.29) is 5.54 Å². The van der Waals surface area contributed by atoms with Crippen molar-refractivity contribution in [3.8, 4) is 11.3 Å². The number of aliphatic hydroxyl groups excluding tert-OH is 1. The molecule has 216 valence electrons. The Morgan fingerprint density at radius 1 is 0.975 bits per heavy atom. The van der Waals surface area contributed by atoms with E-state index in [1.165, 1.54) is 63.5 Å². The Labute approximate surface area is 239 Å². The highest BCUT2D eigenvalue weighted by molar-refractivity contribution is 5.93. The maximum atomic E-state index is 11.3. The quantitative estimate of drug-likeness (QED) is 0.323. The smallest absolute Gasteiger partial charge is 0.131 e. The van der Waals surface area contributed by atoms with Crippen LogP contribution >= 0.6 is 0 Å². The van der Waals surface area contributed by atoms with Crippen molar-refractivity contribution in [2.75, 3.05) is 50.8 Å². The van der Waals surface area contributed by atoms with Crippen LogP contribution in [0.3, 0.4) is 0 Å². The second-order valence-corrected chi connectivity index (χ2v) is 12.5. The van der Waals surface area contributed by atoms with Crippen molar-refractivity contribution >= 4 is 16.6 Å². The summed E-state index contributed by atoms with van der Waals surface area (Å²) in [7, 11) is 0. The lowest BCUT2D eigenvalue weighted by atomic mass is 9.79. The molecule has 0 spiro atoms. The fourth-order valence-electron chi connectivity index (χ4n) is 7.19. The lowest BCUT2D eigenvalue weighted by molar-refractivity contribution is -0.0421. The number of nitrogens with zero attached hydrogens (tertiary/aromatic N) is 3. The van der Waals surface area contributed by atoms with Crippen LogP contribution in [0.15, 0.2) is 42.5 Å². The van der Waals surface area contributed by atoms with Gasteiger partial charge in [0.05, 0.1) is 24.4 Å². The zero-order valence-corrected chi connectivity index (χ0v) is 24.2. The molecule has 7 nitrogen and oxygen atoms in total. The van der Waals surface area contributed by atoms with Gasteiger partial charge in [-0.1, -0.05) is 57.2 Å². The van der Waals surface area contributed by atoms with Gasteiger partial charge in [0.1, 0.15) is 6.23 Å². The number of aliphatic hydroxyl groups is 1. The van der Waals surface area contributed by atoms with E-state index in [1.54, 1.807) is 0 Å². The van der Waals surface area contributed by atoms with E-state index in [0.29, 0.717) is 0 Å². The molecule has 3 fully saturated rings. The molecule has 3 heterocycles. The number of hydrogen-bond donors (Lipinski definition) is 3. The van der Waals surface area contributed by atoms with Crippen LogP contribution in [0.1, 0.15) is 76.5 Å². The maximum Gasteiger partial charge on any atom is 0.131 e. The van der Waals surface area contributed by atoms with Crippen molar-refractivity contribution < 1.29 is 9.84 Å². The minimum atomic E-state index is -0.719. The van der Waals surface area contributed by atoms with Gasteiger partial charge in [-0.05, 0) is 61.4 Å². The second-order valence-electron chi connectivity index (χ2n) is 12.5. The van der Waals surface area contributed by atoms with Crippen LogP contribution in [0.2, 0.25) is 0 Å². The van der Waals surface area contributed by atoms with E-state index < -0.39 is 6.23 Å². The molecule has 1 saturated carbocycles. The molecule has 0 amide bonds. The van der Waals surface area contributed by atoms with E-state index in [4.69, 9.17) is 4.74 Å². The molecule has 6 rings (SSSR count). The van der Waals surface area contributed by atoms with Gasteiger partial charge in [0.15, 0.2) is 0 Å². The normalized spacial score (nSPS) is 23.6. The van der Waals surface area contributed by atoms with E-state index >= 15 is 0 Å². The third kappa shape index (κ3) is 6.08. The molecule has 0 bridgehead atoms. The standard InChI is InChI=1S/C33H47N5O2/c1-25-7-3-6-17-37(18-14-25)28-11-8-26(9-12-28)31-29-23-27(10-13-30(29)35-36-31)32(39)34-24-33(15-4-2-5-16-33)38-19-21-40-22-20-38/h8-13,23,25,32,34,39H,2-7,14-22,24H2,1H3,(H,35,36). The molecule has 2 atom stereocenters. The number of fused-ring (bicyclic) bond motifs is 1. The molecule has 2 aliphatic heterocycles. The minimum absolute atomic E-state index is 0.111. The number of benzene rings is 2. The van der Waals surface area contributed by atoms with Crippen molar-refractivity contribution in [2.24, 2.45) is 5.92 Å². The van der Waals surface area contributed by atoms with Crippen LogP contribution in [-0.4, -0.2) is 71.7 Å². The van der Waals surface area contributed by atoms with Gasteiger partial charge in [-0.25, -0.2) is 0 Å². The van der Waals surface area contributed by atoms with Gasteiger partial charge in [0.2, 0.25) is 0 Å². The summed E-state index contributed by atoms with van der Waals surface area (Å²) in [4.78, 5) is 5.16. The summed E-state index contributed by atoms with van der Waals surface area (Å²) in [6.45, 7) is 9.03. The van der Waals surface area contributed by atoms with Crippen LogP contribution < -0.4 is 10.2 Å². The summed E-state index contributed by atoms with van der Waals surface area (Å²) < 4.78 is 5.64. The number of morpholine rings is 1. The first-order valence-electron chi connectivity index (χ1n) is 15.7. The Kier molecular flexibility index (Phi) is 8.73. The highest BCUT2D eigenvalue weighted by Gasteiger charge is 2.38. The molecular weight excluding hydrogens is 498 g/mol. The van der Waals surface area contributed by atoms with E-state index in [9.17, 15) is 5.11 Å². The summed E-state index contributed by atoms with van der Waals surface area (Å²) in [6.07, 6.45) is 10.7. The first-order valence-corrected chi connectivity index (χ1v) is 15.7. The van der Waals surface area contributed by atoms with Gasteiger partial charge in [0.25, 0.3) is 0 Å². The van der Waals surface area contributed by atoms with E-state index in [1.807, 2.05) is 12.1 Å². The van der Waals surface area contributed by atoms with Crippen LogP contribution in [0.25, 0.3) is 22.2 Å². The van der Waals surface area contributed by atoms with Crippen molar-refractivity contribution in [1.29, 1.82) is 0 Å². The van der Waals surface area contributed by atoms with Crippen LogP contribution in [-0.2, 0) is 4.74 Å². The van der Waals surface area contributed by atoms with E-state index in [2.05, 4.69) is 62.6 Å². The van der Waals surface area contributed by atoms with E-state index in [0.717, 1.165) is 79.6 Å². The summed E-state index contributed by atoms with van der Waals surface area (Å²) in [5.74, 6) is 0.809. The number of aromatic nitrogens is 2. The molecule has 2 aromatic carbocycles. The van der Waals surface area contributed by atoms with Crippen molar-refractivity contribution in [2.45, 2.75) is 76.5 Å². The Hall–Kier alpha value is -2.45. The summed E-state index contributed by atoms with van der Waals surface area (Å²) in [6, 6.07) is 15.0. The van der Waals surface area contributed by atoms with Gasteiger partial charge in [-0.2, -0.15) is 5.10 Å². The van der Waals surface area contributed by atoms with Gasteiger partial charge in [-0.3, -0.25) is 15.3 Å². The minimum Gasteiger partial charge on any atom is -0.379 e. The molecule has 3 aromatic rings. The lowest BCUT2D eigenvalue weighted by Crippen LogP contribution is -2.59. The zero-order chi connectivity index (χ0) is 27.4. The average Bonchev–Trinajstić information content (AvgIpc) is 3.42. The fraction of sp³-hybridized carbons (Fsp3) is 0.606. The highest BCUT2D eigenvalue weighted by Crippen LogP contribution is 2.35. The maximum absolute atomic E-state index is 11.3. The molecule has 7 heteroatoms. The number of nitrogens with one attached hydrogen (secondary N) is 2. The van der Waals surface area contributed by atoms with Crippen molar-refractivity contribution in [1.82, 2.24) is 20.4 Å². The molecule has 3 N–H and O–H groups in total. The Morgan fingerprint density at radius 2 is 1.77 bits per heavy atom. The number of aromatic amines is 1. The Morgan fingerprint density at radius 3 is 2.58 bits per heavy atom. The van der Waals surface area contributed by atoms with Crippen molar-refractivity contribution in [3.63, 3.8) is 0 Å². The predicted molar refractivity (Wildman–Crippen MR) is 163 cm³/mol. The predicted octanol–water partition coefficient (Wildman–Crippen LogP) is 5.86. The average molecular weight is 546 g/mol. The summed E-state index contributed by atoms with van der Waals surface area (Å²) in [5.41, 5.74) is 5.33. The second kappa shape index (κ2) is 12.6. The summed E-state index contributed by atoms with van der Waals surface area (Å²) >= 11 is 0. The van der Waals surface area contributed by atoms with Gasteiger partial charge in [0, 0.05) is 54.9 Å². The Balaban J connectivity index is 1.17. The number of H-pyrrole nitrogens is 1. The molecule has 2 unspecified atom stereocenters. The van der Waals surface area contributed by atoms with Gasteiger partial charge >= 0.3 is 0 Å². The number of rotatable bonds is 7. The monoisotopic (exact) mass is 545 g/mol. The molecule has 0 radical (unpaired) electrons. The topological polar surface area (TPSA) is 76.7 Å². The first kappa shape index (κ1) is 27.7. The SMILES string of the molecule is CC1CCCCN(c2ccc(-c3n[nH]c4ccc(C(O)NCC5(N6CCOCC6)CCCCC5)cc34)cc2)CC1. The highest BCUT2D eigenvalue weighted by atomic mass is 16.5. The first-order chi connectivity index (χ1) is 19.6. The molecule has 1 aliphatic carbocycles. The van der Waals surface area contributed by atoms with Crippen molar-refractivity contribution in [3.05, 3.63) is 48.0 Å². The Bertz CT molecular complexity index is 1230. The largest absolute Gasteiger partial charge is 0.379 e. The third-order valence-electron chi connectivity index (χ3n) is 9.77. The fourth-order valence-corrected chi connectivity index (χ4v) is 7.19. The number of anilines is 1. The van der Waals surface area contributed by atoms with Gasteiger partial charge in [-0.15, -0.1) is 0 Å². The molecular formula is C33H47N5O2. The zero-order valence-electron chi connectivity index (χ0n) is 24.2. The van der Waals surface area contributed by atoms with Gasteiger partial charge < -0.3 is 14.7 Å². The van der Waals surface area contributed by atoms with Crippen LogP contribution in [0.4, 0.5) is 5.69 Å². The number of ether oxygens (including phenoxy) is 1. The van der Waals surface area contributed by atoms with Crippen LogP contribution in [0, 0.1) is 5.92 Å². The summed E-state index contributed by atoms with van der Waals surface area (Å²) in [5, 5.41) is 23.7. The van der Waals surface area contributed by atoms with Crippen LogP contribution in [0.5, 0.6) is 0 Å². The molecule has 1 aromatic heterocycles.